The van der Waals surface area contributed by atoms with E-state index in [2.05, 4.69) is 35.4 Å². The molecule has 0 aliphatic rings. The molecule has 0 aliphatic carbocycles. The maximum Gasteiger partial charge on any atom is 0.118 e. The van der Waals surface area contributed by atoms with Gasteiger partial charge in [-0.15, -0.1) is 0 Å². The molecule has 2 aromatic rings. The summed E-state index contributed by atoms with van der Waals surface area (Å²) in [6.07, 6.45) is 4.82. The van der Waals surface area contributed by atoms with Gasteiger partial charge in [0.15, 0.2) is 0 Å². The van der Waals surface area contributed by atoms with Gasteiger partial charge in [0, 0.05) is 12.4 Å². The average molecular weight is 256 g/mol. The van der Waals surface area contributed by atoms with Crippen LogP contribution in [0.25, 0.3) is 0 Å². The van der Waals surface area contributed by atoms with Gasteiger partial charge in [-0.05, 0) is 42.3 Å². The van der Waals surface area contributed by atoms with E-state index in [1.165, 1.54) is 11.1 Å². The van der Waals surface area contributed by atoms with Crippen LogP contribution in [0.1, 0.15) is 30.5 Å². The summed E-state index contributed by atoms with van der Waals surface area (Å²) < 4.78 is 5.20. The number of hydrogen-bond donors (Lipinski definition) is 1. The lowest BCUT2D eigenvalue weighted by molar-refractivity contribution is 0.414. The normalized spacial score (nSPS) is 12.1. The Bertz CT molecular complexity index is 482. The van der Waals surface area contributed by atoms with Crippen molar-refractivity contribution in [1.29, 1.82) is 0 Å². The molecule has 1 aromatic carbocycles. The molecule has 1 atom stereocenters. The fourth-order valence-electron chi connectivity index (χ4n) is 2.06. The first-order valence-electron chi connectivity index (χ1n) is 6.62. The third-order valence-corrected chi connectivity index (χ3v) is 3.07. The minimum absolute atomic E-state index is 0.180. The second-order valence-corrected chi connectivity index (χ2v) is 4.45. The Morgan fingerprint density at radius 3 is 2.53 bits per heavy atom. The van der Waals surface area contributed by atoms with Crippen molar-refractivity contribution in [1.82, 2.24) is 10.3 Å². The highest BCUT2D eigenvalue weighted by Gasteiger charge is 2.13. The molecule has 3 heteroatoms. The molecule has 1 unspecified atom stereocenters. The summed E-state index contributed by atoms with van der Waals surface area (Å²) in [4.78, 5) is 4.21. The molecule has 0 saturated heterocycles. The van der Waals surface area contributed by atoms with Crippen LogP contribution in [0, 0.1) is 0 Å². The first-order chi connectivity index (χ1) is 9.35. The summed E-state index contributed by atoms with van der Waals surface area (Å²) >= 11 is 0. The van der Waals surface area contributed by atoms with E-state index in [9.17, 15) is 0 Å². The largest absolute Gasteiger partial charge is 0.497 e. The Morgan fingerprint density at radius 1 is 1.16 bits per heavy atom. The molecule has 0 radical (unpaired) electrons. The molecule has 19 heavy (non-hydrogen) atoms. The quantitative estimate of drug-likeness (QED) is 0.862. The summed E-state index contributed by atoms with van der Waals surface area (Å²) in [5, 5.41) is 3.56. The third kappa shape index (κ3) is 3.55. The molecule has 1 heterocycles. The summed E-state index contributed by atoms with van der Waals surface area (Å²) in [7, 11) is 1.68. The second-order valence-electron chi connectivity index (χ2n) is 4.45. The van der Waals surface area contributed by atoms with E-state index in [0.29, 0.717) is 0 Å². The minimum atomic E-state index is 0.180. The van der Waals surface area contributed by atoms with E-state index < -0.39 is 0 Å². The van der Waals surface area contributed by atoms with Crippen LogP contribution in [-0.4, -0.2) is 18.6 Å². The zero-order valence-corrected chi connectivity index (χ0v) is 11.5. The number of rotatable bonds is 6. The summed E-state index contributed by atoms with van der Waals surface area (Å²) in [5.74, 6) is 0.879. The van der Waals surface area contributed by atoms with Crippen molar-refractivity contribution in [2.75, 3.05) is 13.7 Å². The average Bonchev–Trinajstić information content (AvgIpc) is 2.49. The van der Waals surface area contributed by atoms with Gasteiger partial charge in [-0.2, -0.15) is 0 Å². The molecule has 0 amide bonds. The lowest BCUT2D eigenvalue weighted by Crippen LogP contribution is -2.23. The van der Waals surface area contributed by atoms with E-state index in [0.717, 1.165) is 18.7 Å². The molecule has 0 saturated carbocycles. The highest BCUT2D eigenvalue weighted by Crippen LogP contribution is 2.23. The molecule has 0 aliphatic heterocycles. The van der Waals surface area contributed by atoms with Gasteiger partial charge in [0.05, 0.1) is 13.2 Å². The van der Waals surface area contributed by atoms with Crippen molar-refractivity contribution in [2.24, 2.45) is 0 Å². The van der Waals surface area contributed by atoms with Crippen LogP contribution in [0.3, 0.4) is 0 Å². The van der Waals surface area contributed by atoms with Crippen LogP contribution in [-0.2, 0) is 0 Å². The molecular weight excluding hydrogens is 236 g/mol. The van der Waals surface area contributed by atoms with Gasteiger partial charge in [0.2, 0.25) is 0 Å². The van der Waals surface area contributed by atoms with Crippen molar-refractivity contribution in [2.45, 2.75) is 19.4 Å². The first kappa shape index (κ1) is 13.6. The number of pyridine rings is 1. The van der Waals surface area contributed by atoms with Crippen LogP contribution < -0.4 is 10.1 Å². The minimum Gasteiger partial charge on any atom is -0.497 e. The zero-order valence-electron chi connectivity index (χ0n) is 11.5. The van der Waals surface area contributed by atoms with Gasteiger partial charge in [0.25, 0.3) is 0 Å². The molecule has 0 bridgehead atoms. The summed E-state index contributed by atoms with van der Waals surface area (Å²) in [5.41, 5.74) is 2.41. The first-order valence-corrected chi connectivity index (χ1v) is 6.62. The number of aromatic nitrogens is 1. The molecule has 1 N–H and O–H groups in total. The van der Waals surface area contributed by atoms with E-state index in [4.69, 9.17) is 4.74 Å². The van der Waals surface area contributed by atoms with Gasteiger partial charge in [-0.1, -0.05) is 25.1 Å². The standard InChI is InChI=1S/C16H20N2O/c1-3-10-18-16(14-5-4-11-17-12-14)13-6-8-15(19-2)9-7-13/h4-9,11-12,16,18H,3,10H2,1-2H3. The Labute approximate surface area is 114 Å². The van der Waals surface area contributed by atoms with E-state index in [1.807, 2.05) is 24.4 Å². The van der Waals surface area contributed by atoms with E-state index >= 15 is 0 Å². The topological polar surface area (TPSA) is 34.1 Å². The Morgan fingerprint density at radius 2 is 1.95 bits per heavy atom. The Balaban J connectivity index is 2.26. The van der Waals surface area contributed by atoms with Crippen molar-refractivity contribution in [3.8, 4) is 5.75 Å². The van der Waals surface area contributed by atoms with Gasteiger partial charge in [-0.3, -0.25) is 4.98 Å². The van der Waals surface area contributed by atoms with Gasteiger partial charge >= 0.3 is 0 Å². The lowest BCUT2D eigenvalue weighted by atomic mass is 10.00. The molecule has 3 nitrogen and oxygen atoms in total. The van der Waals surface area contributed by atoms with Gasteiger partial charge in [-0.25, -0.2) is 0 Å². The number of methoxy groups -OCH3 is 1. The Hall–Kier alpha value is -1.87. The highest BCUT2D eigenvalue weighted by molar-refractivity contribution is 5.34. The summed E-state index contributed by atoms with van der Waals surface area (Å²) in [6, 6.07) is 12.4. The molecule has 1 aromatic heterocycles. The number of benzene rings is 1. The molecule has 0 fully saturated rings. The molecule has 2 rings (SSSR count). The second kappa shape index (κ2) is 6.90. The predicted molar refractivity (Wildman–Crippen MR) is 77.4 cm³/mol. The van der Waals surface area contributed by atoms with Crippen LogP contribution in [0.15, 0.2) is 48.8 Å². The zero-order chi connectivity index (χ0) is 13.5. The SMILES string of the molecule is CCCNC(c1ccc(OC)cc1)c1cccnc1. The number of nitrogens with zero attached hydrogens (tertiary/aromatic N) is 1. The number of ether oxygens (including phenoxy) is 1. The van der Waals surface area contributed by atoms with Crippen LogP contribution >= 0.6 is 0 Å². The van der Waals surface area contributed by atoms with Crippen LogP contribution in [0.5, 0.6) is 5.75 Å². The molecular formula is C16H20N2O. The predicted octanol–water partition coefficient (Wildman–Crippen LogP) is 3.18. The van der Waals surface area contributed by atoms with Gasteiger partial charge in [0.1, 0.15) is 5.75 Å². The van der Waals surface area contributed by atoms with Gasteiger partial charge < -0.3 is 10.1 Å². The fraction of sp³-hybridized carbons (Fsp3) is 0.312. The van der Waals surface area contributed by atoms with Crippen molar-refractivity contribution < 1.29 is 4.74 Å². The maximum absolute atomic E-state index is 5.20. The smallest absolute Gasteiger partial charge is 0.118 e. The van der Waals surface area contributed by atoms with Crippen molar-refractivity contribution in [3.05, 3.63) is 59.9 Å². The molecule has 100 valence electrons. The fourth-order valence-corrected chi connectivity index (χ4v) is 2.06. The Kier molecular flexibility index (Phi) is 4.93. The van der Waals surface area contributed by atoms with E-state index in [1.54, 1.807) is 13.3 Å². The summed E-state index contributed by atoms with van der Waals surface area (Å²) in [6.45, 7) is 3.15. The monoisotopic (exact) mass is 256 g/mol. The number of nitrogens with one attached hydrogen (secondary N) is 1. The van der Waals surface area contributed by atoms with Crippen LogP contribution in [0.2, 0.25) is 0 Å². The number of hydrogen-bond acceptors (Lipinski definition) is 3. The molecule has 0 spiro atoms. The van der Waals surface area contributed by atoms with E-state index in [-0.39, 0.29) is 6.04 Å². The van der Waals surface area contributed by atoms with Crippen molar-refractivity contribution in [3.63, 3.8) is 0 Å². The van der Waals surface area contributed by atoms with Crippen LogP contribution in [0.4, 0.5) is 0 Å². The van der Waals surface area contributed by atoms with Crippen molar-refractivity contribution >= 4 is 0 Å². The third-order valence-electron chi connectivity index (χ3n) is 3.07. The maximum atomic E-state index is 5.20. The highest BCUT2D eigenvalue weighted by atomic mass is 16.5. The lowest BCUT2D eigenvalue weighted by Gasteiger charge is -2.19.